The fourth-order valence-corrected chi connectivity index (χ4v) is 1.89. The van der Waals surface area contributed by atoms with Crippen molar-refractivity contribution in [3.05, 3.63) is 53.6 Å². The second kappa shape index (κ2) is 5.60. The van der Waals surface area contributed by atoms with Gasteiger partial charge in [0.05, 0.1) is 6.33 Å². The molecule has 1 heterocycles. The van der Waals surface area contributed by atoms with Gasteiger partial charge in [-0.3, -0.25) is 4.79 Å². The van der Waals surface area contributed by atoms with Crippen molar-refractivity contribution in [2.45, 2.75) is 6.42 Å². The molecule has 18 heavy (non-hydrogen) atoms. The number of hydrogen-bond donors (Lipinski definition) is 1. The minimum Gasteiger partial charge on any atom is -0.340 e. The Hall–Kier alpha value is -1.94. The van der Waals surface area contributed by atoms with Crippen molar-refractivity contribution >= 4 is 5.78 Å². The fourth-order valence-electron chi connectivity index (χ4n) is 1.89. The van der Waals surface area contributed by atoms with E-state index in [1.54, 1.807) is 17.1 Å². The molecule has 2 rings (SSSR count). The molecule has 94 valence electrons. The number of nitrogens with one attached hydrogen (secondary N) is 1. The zero-order chi connectivity index (χ0) is 13.0. The molecule has 4 nitrogen and oxygen atoms in total. The number of rotatable bonds is 5. The molecule has 1 N–H and O–H groups in total. The largest absolute Gasteiger partial charge is 0.340 e. The number of carbonyl (C=O) groups is 1. The summed E-state index contributed by atoms with van der Waals surface area (Å²) < 4.78 is 1.78. The molecule has 0 aliphatic heterocycles. The second-order valence-electron chi connectivity index (χ2n) is 4.26. The first-order valence-electron chi connectivity index (χ1n) is 5.97. The Morgan fingerprint density at radius 1 is 1.39 bits per heavy atom. The molecule has 0 aliphatic carbocycles. The van der Waals surface area contributed by atoms with Crippen LogP contribution in [0.3, 0.4) is 0 Å². The summed E-state index contributed by atoms with van der Waals surface area (Å²) in [5.74, 6) is -0.0118. The smallest absolute Gasteiger partial charge is 0.213 e. The quantitative estimate of drug-likeness (QED) is 0.808. The van der Waals surface area contributed by atoms with Gasteiger partial charge in [-0.15, -0.1) is 0 Å². The van der Waals surface area contributed by atoms with Crippen LogP contribution in [-0.4, -0.2) is 28.9 Å². The Morgan fingerprint density at radius 2 is 2.17 bits per heavy atom. The lowest BCUT2D eigenvalue weighted by atomic mass is 9.99. The van der Waals surface area contributed by atoms with Crippen LogP contribution in [0.1, 0.15) is 21.6 Å². The Bertz CT molecular complexity index is 545. The Morgan fingerprint density at radius 3 is 2.83 bits per heavy atom. The number of likely N-dealkylation sites (N-methyl/N-ethyl adjacent to an activating group) is 1. The predicted molar refractivity (Wildman–Crippen MR) is 70.7 cm³/mol. The third-order valence-corrected chi connectivity index (χ3v) is 2.84. The molecule has 0 saturated heterocycles. The van der Waals surface area contributed by atoms with Crippen molar-refractivity contribution in [2.75, 3.05) is 13.6 Å². The molecule has 0 saturated carbocycles. The minimum atomic E-state index is -0.0118. The molecule has 4 heteroatoms. The zero-order valence-corrected chi connectivity index (χ0v) is 10.7. The van der Waals surface area contributed by atoms with Crippen molar-refractivity contribution < 1.29 is 4.79 Å². The molecule has 0 spiro atoms. The number of ketones is 1. The molecular formula is C14H17N3O. The lowest BCUT2D eigenvalue weighted by Gasteiger charge is -2.06. The number of carbonyl (C=O) groups excluding carboxylic acids is 1. The van der Waals surface area contributed by atoms with Gasteiger partial charge in [-0.2, -0.15) is 0 Å². The Labute approximate surface area is 107 Å². The summed E-state index contributed by atoms with van der Waals surface area (Å²) >= 11 is 0. The molecular weight excluding hydrogens is 226 g/mol. The van der Waals surface area contributed by atoms with E-state index in [0.29, 0.717) is 5.69 Å². The Kier molecular flexibility index (Phi) is 3.89. The van der Waals surface area contributed by atoms with Crippen LogP contribution in [0.2, 0.25) is 0 Å². The van der Waals surface area contributed by atoms with Gasteiger partial charge >= 0.3 is 0 Å². The van der Waals surface area contributed by atoms with E-state index in [2.05, 4.69) is 10.3 Å². The summed E-state index contributed by atoms with van der Waals surface area (Å²) in [6, 6.07) is 7.70. The zero-order valence-electron chi connectivity index (χ0n) is 10.7. The van der Waals surface area contributed by atoms with Crippen molar-refractivity contribution in [1.29, 1.82) is 0 Å². The molecule has 1 aromatic carbocycles. The van der Waals surface area contributed by atoms with E-state index in [4.69, 9.17) is 0 Å². The van der Waals surface area contributed by atoms with Crippen LogP contribution in [0.25, 0.3) is 0 Å². The minimum absolute atomic E-state index is 0.0118. The first kappa shape index (κ1) is 12.5. The SMILES string of the molecule is CNCCc1ccccc1C(=O)c1cn(C)cn1. The van der Waals surface area contributed by atoms with Crippen LogP contribution in [-0.2, 0) is 13.5 Å². The molecule has 0 bridgehead atoms. The van der Waals surface area contributed by atoms with Gasteiger partial charge < -0.3 is 9.88 Å². The molecule has 2 aromatic rings. The molecule has 0 amide bonds. The third-order valence-electron chi connectivity index (χ3n) is 2.84. The highest BCUT2D eigenvalue weighted by Crippen LogP contribution is 2.14. The van der Waals surface area contributed by atoms with E-state index >= 15 is 0 Å². The molecule has 0 unspecified atom stereocenters. The first-order chi connectivity index (χ1) is 8.72. The highest BCUT2D eigenvalue weighted by Gasteiger charge is 2.14. The number of hydrogen-bond acceptors (Lipinski definition) is 3. The number of imidazole rings is 1. The highest BCUT2D eigenvalue weighted by atomic mass is 16.1. The van der Waals surface area contributed by atoms with Gasteiger partial charge in [0.1, 0.15) is 5.69 Å². The summed E-state index contributed by atoms with van der Waals surface area (Å²) in [5, 5.41) is 3.10. The van der Waals surface area contributed by atoms with Crippen LogP contribution < -0.4 is 5.32 Å². The molecule has 0 aliphatic rings. The fraction of sp³-hybridized carbons (Fsp3) is 0.286. The summed E-state index contributed by atoms with van der Waals surface area (Å²) in [5.41, 5.74) is 2.29. The van der Waals surface area contributed by atoms with Crippen molar-refractivity contribution in [2.24, 2.45) is 7.05 Å². The van der Waals surface area contributed by atoms with Gasteiger partial charge in [0.15, 0.2) is 0 Å². The molecule has 0 fully saturated rings. The average molecular weight is 243 g/mol. The van der Waals surface area contributed by atoms with Crippen LogP contribution in [0, 0.1) is 0 Å². The number of aromatic nitrogens is 2. The topological polar surface area (TPSA) is 46.9 Å². The Balaban J connectivity index is 2.29. The number of nitrogens with zero attached hydrogens (tertiary/aromatic N) is 2. The van der Waals surface area contributed by atoms with Crippen LogP contribution in [0.15, 0.2) is 36.8 Å². The second-order valence-corrected chi connectivity index (χ2v) is 4.26. The maximum Gasteiger partial charge on any atom is 0.213 e. The maximum absolute atomic E-state index is 12.3. The summed E-state index contributed by atoms with van der Waals surface area (Å²) in [6.45, 7) is 0.854. The van der Waals surface area contributed by atoms with E-state index in [-0.39, 0.29) is 5.78 Å². The van der Waals surface area contributed by atoms with Crippen LogP contribution in [0.5, 0.6) is 0 Å². The van der Waals surface area contributed by atoms with E-state index in [9.17, 15) is 4.79 Å². The average Bonchev–Trinajstić information content (AvgIpc) is 2.82. The summed E-state index contributed by atoms with van der Waals surface area (Å²) in [6.07, 6.45) is 4.23. The standard InChI is InChI=1S/C14H17N3O/c1-15-8-7-11-5-3-4-6-12(11)14(18)13-9-17(2)10-16-13/h3-6,9-10,15H,7-8H2,1-2H3. The predicted octanol–water partition coefficient (Wildman–Crippen LogP) is 1.41. The van der Waals surface area contributed by atoms with E-state index in [1.165, 1.54) is 0 Å². The summed E-state index contributed by atoms with van der Waals surface area (Å²) in [4.78, 5) is 16.5. The van der Waals surface area contributed by atoms with Gasteiger partial charge in [-0.1, -0.05) is 24.3 Å². The summed E-state index contributed by atoms with van der Waals surface area (Å²) in [7, 11) is 3.76. The van der Waals surface area contributed by atoms with Crippen LogP contribution >= 0.6 is 0 Å². The number of benzene rings is 1. The van der Waals surface area contributed by atoms with Gasteiger partial charge in [-0.25, -0.2) is 4.98 Å². The van der Waals surface area contributed by atoms with Crippen molar-refractivity contribution in [3.63, 3.8) is 0 Å². The van der Waals surface area contributed by atoms with E-state index < -0.39 is 0 Å². The maximum atomic E-state index is 12.3. The molecule has 1 aromatic heterocycles. The van der Waals surface area contributed by atoms with Crippen molar-refractivity contribution in [1.82, 2.24) is 14.9 Å². The van der Waals surface area contributed by atoms with Gasteiger partial charge in [0.2, 0.25) is 5.78 Å². The lowest BCUT2D eigenvalue weighted by Crippen LogP contribution is -2.13. The first-order valence-corrected chi connectivity index (χ1v) is 5.97. The molecule has 0 radical (unpaired) electrons. The lowest BCUT2D eigenvalue weighted by molar-refractivity contribution is 0.103. The third kappa shape index (κ3) is 2.65. The molecule has 0 atom stereocenters. The monoisotopic (exact) mass is 243 g/mol. The van der Waals surface area contributed by atoms with E-state index in [0.717, 1.165) is 24.1 Å². The van der Waals surface area contributed by atoms with Crippen molar-refractivity contribution in [3.8, 4) is 0 Å². The highest BCUT2D eigenvalue weighted by molar-refractivity contribution is 6.08. The normalized spacial score (nSPS) is 10.6. The van der Waals surface area contributed by atoms with Gasteiger partial charge in [-0.05, 0) is 25.6 Å². The van der Waals surface area contributed by atoms with Crippen LogP contribution in [0.4, 0.5) is 0 Å². The van der Waals surface area contributed by atoms with Gasteiger partial charge in [0.25, 0.3) is 0 Å². The van der Waals surface area contributed by atoms with Gasteiger partial charge in [0, 0.05) is 18.8 Å². The number of aryl methyl sites for hydroxylation is 1. The van der Waals surface area contributed by atoms with E-state index in [1.807, 2.05) is 38.4 Å².